The summed E-state index contributed by atoms with van der Waals surface area (Å²) >= 11 is 0. The summed E-state index contributed by atoms with van der Waals surface area (Å²) in [6.45, 7) is 1.02. The number of rotatable bonds is 10. The van der Waals surface area contributed by atoms with E-state index in [9.17, 15) is 9.59 Å². The van der Waals surface area contributed by atoms with E-state index in [1.54, 1.807) is 36.1 Å². The van der Waals surface area contributed by atoms with Crippen molar-refractivity contribution in [2.75, 3.05) is 60.1 Å². The first kappa shape index (κ1) is 24.0. The van der Waals surface area contributed by atoms with Crippen molar-refractivity contribution in [3.05, 3.63) is 36.4 Å². The highest BCUT2D eigenvalue weighted by Crippen LogP contribution is 2.42. The average Bonchev–Trinajstić information content (AvgIpc) is 3.24. The van der Waals surface area contributed by atoms with Crippen LogP contribution in [-0.2, 0) is 9.59 Å². The second-order valence-electron chi connectivity index (χ2n) is 7.57. The third kappa shape index (κ3) is 5.42. The van der Waals surface area contributed by atoms with Crippen LogP contribution >= 0.6 is 0 Å². The Morgan fingerprint density at radius 3 is 2.12 bits per heavy atom. The number of anilines is 1. The molecule has 178 valence electrons. The Hall–Kier alpha value is -3.62. The molecule has 33 heavy (non-hydrogen) atoms. The number of benzene rings is 2. The lowest BCUT2D eigenvalue weighted by molar-refractivity contribution is -0.134. The van der Waals surface area contributed by atoms with Gasteiger partial charge >= 0.3 is 0 Å². The van der Waals surface area contributed by atoms with Crippen LogP contribution in [0.3, 0.4) is 0 Å². The van der Waals surface area contributed by atoms with Gasteiger partial charge in [0.2, 0.25) is 17.6 Å². The molecule has 1 unspecified atom stereocenters. The number of carbonyl (C=O) groups excluding carboxylic acids is 2. The van der Waals surface area contributed by atoms with Crippen molar-refractivity contribution in [3.8, 4) is 28.7 Å². The summed E-state index contributed by atoms with van der Waals surface area (Å²) in [4.78, 5) is 28.8. The van der Waals surface area contributed by atoms with Gasteiger partial charge in [-0.05, 0) is 24.3 Å². The van der Waals surface area contributed by atoms with Gasteiger partial charge in [0, 0.05) is 32.1 Å². The number of methoxy groups -OCH3 is 4. The zero-order valence-corrected chi connectivity index (χ0v) is 19.6. The maximum Gasteiger partial charge on any atom is 0.227 e. The molecule has 1 heterocycles. The average molecular weight is 459 g/mol. The van der Waals surface area contributed by atoms with Crippen LogP contribution in [0.1, 0.15) is 6.42 Å². The van der Waals surface area contributed by atoms with E-state index in [1.807, 2.05) is 24.3 Å². The molecular weight excluding hydrogens is 428 g/mol. The second-order valence-corrected chi connectivity index (χ2v) is 7.57. The highest BCUT2D eigenvalue weighted by molar-refractivity contribution is 6.00. The maximum atomic E-state index is 12.9. The molecule has 1 atom stereocenters. The van der Waals surface area contributed by atoms with Crippen LogP contribution in [0.2, 0.25) is 0 Å². The first-order valence-electron chi connectivity index (χ1n) is 10.5. The molecular formula is C24H30N2O7. The predicted octanol–water partition coefficient (Wildman–Crippen LogP) is 2.61. The summed E-state index contributed by atoms with van der Waals surface area (Å²) in [5, 5.41) is 0. The first-order valence-corrected chi connectivity index (χ1v) is 10.5. The molecule has 2 amide bonds. The molecule has 1 saturated heterocycles. The van der Waals surface area contributed by atoms with E-state index in [0.29, 0.717) is 41.8 Å². The van der Waals surface area contributed by atoms with Crippen LogP contribution < -0.4 is 28.6 Å². The Morgan fingerprint density at radius 1 is 0.970 bits per heavy atom. The van der Waals surface area contributed by atoms with Gasteiger partial charge in [0.05, 0.1) is 46.6 Å². The van der Waals surface area contributed by atoms with Crippen LogP contribution in [0, 0.1) is 5.92 Å². The van der Waals surface area contributed by atoms with Crippen LogP contribution in [-0.4, -0.2) is 71.9 Å². The highest BCUT2D eigenvalue weighted by atomic mass is 16.5. The van der Waals surface area contributed by atoms with Gasteiger partial charge in [0.15, 0.2) is 11.5 Å². The fourth-order valence-corrected chi connectivity index (χ4v) is 3.74. The van der Waals surface area contributed by atoms with E-state index in [0.717, 1.165) is 5.75 Å². The van der Waals surface area contributed by atoms with Gasteiger partial charge in [-0.25, -0.2) is 0 Å². The van der Waals surface area contributed by atoms with Crippen LogP contribution in [0.15, 0.2) is 36.4 Å². The largest absolute Gasteiger partial charge is 0.497 e. The standard InChI is InChI=1S/C24H30N2O7/c1-25(10-11-33-19-8-6-18(29-2)7-9-19)24(28)16-12-22(27)26(15-16)17-13-20(30-3)23(32-5)21(14-17)31-4/h6-9,13-14,16H,10-12,15H2,1-5H3. The lowest BCUT2D eigenvalue weighted by Gasteiger charge is -2.22. The van der Waals surface area contributed by atoms with Crippen molar-refractivity contribution in [2.24, 2.45) is 5.92 Å². The molecule has 2 aromatic carbocycles. The smallest absolute Gasteiger partial charge is 0.227 e. The fourth-order valence-electron chi connectivity index (χ4n) is 3.74. The van der Waals surface area contributed by atoms with Crippen molar-refractivity contribution in [1.29, 1.82) is 0 Å². The summed E-state index contributed by atoms with van der Waals surface area (Å²) in [5.74, 6) is 2.10. The molecule has 3 rings (SSSR count). The number of carbonyl (C=O) groups is 2. The third-order valence-electron chi connectivity index (χ3n) is 5.57. The van der Waals surface area contributed by atoms with Gasteiger partial charge in [-0.2, -0.15) is 0 Å². The Labute approximate surface area is 193 Å². The van der Waals surface area contributed by atoms with Crippen molar-refractivity contribution >= 4 is 17.5 Å². The quantitative estimate of drug-likeness (QED) is 0.541. The van der Waals surface area contributed by atoms with E-state index in [1.165, 1.54) is 21.3 Å². The summed E-state index contributed by atoms with van der Waals surface area (Å²) in [6.07, 6.45) is 0.138. The molecule has 1 aliphatic rings. The molecule has 9 heteroatoms. The Bertz CT molecular complexity index is 952. The minimum absolute atomic E-state index is 0.100. The van der Waals surface area contributed by atoms with Crippen LogP contribution in [0.4, 0.5) is 5.69 Å². The Kier molecular flexibility index (Phi) is 7.87. The third-order valence-corrected chi connectivity index (χ3v) is 5.57. The molecule has 1 fully saturated rings. The zero-order chi connectivity index (χ0) is 24.0. The number of hydrogen-bond donors (Lipinski definition) is 0. The van der Waals surface area contributed by atoms with E-state index < -0.39 is 5.92 Å². The summed E-state index contributed by atoms with van der Waals surface area (Å²) in [5.41, 5.74) is 0.593. The lowest BCUT2D eigenvalue weighted by atomic mass is 10.1. The van der Waals surface area contributed by atoms with Gasteiger partial charge in [0.25, 0.3) is 0 Å². The van der Waals surface area contributed by atoms with Crippen LogP contribution in [0.25, 0.3) is 0 Å². The van der Waals surface area contributed by atoms with Gasteiger partial charge in [-0.15, -0.1) is 0 Å². The normalized spacial score (nSPS) is 15.2. The van der Waals surface area contributed by atoms with Crippen molar-refractivity contribution in [3.63, 3.8) is 0 Å². The van der Waals surface area contributed by atoms with E-state index in [2.05, 4.69) is 0 Å². The molecule has 0 aliphatic carbocycles. The number of likely N-dealkylation sites (N-methyl/N-ethyl adjacent to an activating group) is 1. The lowest BCUT2D eigenvalue weighted by Crippen LogP contribution is -2.37. The molecule has 9 nitrogen and oxygen atoms in total. The second kappa shape index (κ2) is 10.8. The highest BCUT2D eigenvalue weighted by Gasteiger charge is 2.37. The molecule has 0 radical (unpaired) electrons. The molecule has 0 bridgehead atoms. The molecule has 0 saturated carbocycles. The molecule has 0 spiro atoms. The number of amides is 2. The molecule has 2 aromatic rings. The van der Waals surface area contributed by atoms with Crippen molar-refractivity contribution in [1.82, 2.24) is 4.90 Å². The van der Waals surface area contributed by atoms with Gasteiger partial charge < -0.3 is 33.5 Å². The molecule has 0 N–H and O–H groups in total. The molecule has 0 aromatic heterocycles. The van der Waals surface area contributed by atoms with Crippen LogP contribution in [0.5, 0.6) is 28.7 Å². The van der Waals surface area contributed by atoms with E-state index >= 15 is 0 Å². The van der Waals surface area contributed by atoms with Gasteiger partial charge in [-0.3, -0.25) is 9.59 Å². The summed E-state index contributed by atoms with van der Waals surface area (Å²) in [7, 11) is 7.87. The number of ether oxygens (including phenoxy) is 5. The van der Waals surface area contributed by atoms with Crippen molar-refractivity contribution in [2.45, 2.75) is 6.42 Å². The summed E-state index contributed by atoms with van der Waals surface area (Å²) < 4.78 is 26.9. The minimum atomic E-state index is -0.442. The number of hydrogen-bond acceptors (Lipinski definition) is 7. The van der Waals surface area contributed by atoms with Gasteiger partial charge in [0.1, 0.15) is 18.1 Å². The summed E-state index contributed by atoms with van der Waals surface area (Å²) in [6, 6.07) is 10.7. The van der Waals surface area contributed by atoms with E-state index in [-0.39, 0.29) is 24.8 Å². The molecule has 1 aliphatic heterocycles. The Morgan fingerprint density at radius 2 is 1.58 bits per heavy atom. The monoisotopic (exact) mass is 458 g/mol. The number of nitrogens with zero attached hydrogens (tertiary/aromatic N) is 2. The SMILES string of the molecule is COc1ccc(OCCN(C)C(=O)C2CC(=O)N(c3cc(OC)c(OC)c(OC)c3)C2)cc1. The minimum Gasteiger partial charge on any atom is -0.497 e. The van der Waals surface area contributed by atoms with Gasteiger partial charge in [-0.1, -0.05) is 0 Å². The zero-order valence-electron chi connectivity index (χ0n) is 19.6. The fraction of sp³-hybridized carbons (Fsp3) is 0.417. The topological polar surface area (TPSA) is 86.8 Å². The first-order chi connectivity index (χ1) is 15.9. The van der Waals surface area contributed by atoms with Crippen molar-refractivity contribution < 1.29 is 33.3 Å². The maximum absolute atomic E-state index is 12.9. The Balaban J connectivity index is 1.61. The van der Waals surface area contributed by atoms with E-state index in [4.69, 9.17) is 23.7 Å². The predicted molar refractivity (Wildman–Crippen MR) is 123 cm³/mol.